The van der Waals surface area contributed by atoms with Crippen LogP contribution in [-0.2, 0) is 11.2 Å². The van der Waals surface area contributed by atoms with Crippen LogP contribution < -0.4 is 0 Å². The maximum atomic E-state index is 10.8. The molecule has 0 aromatic heterocycles. The Hall–Kier alpha value is -1.35. The molecule has 1 rings (SSSR count). The number of aliphatic hydroxyl groups excluding tert-OH is 1. The average molecular weight is 222 g/mol. The highest BCUT2D eigenvalue weighted by molar-refractivity contribution is 5.69. The molecule has 0 saturated heterocycles. The summed E-state index contributed by atoms with van der Waals surface area (Å²) in [6.07, 6.45) is 2.73. The molecule has 0 fully saturated rings. The van der Waals surface area contributed by atoms with Crippen molar-refractivity contribution in [2.45, 2.75) is 25.7 Å². The lowest BCUT2D eigenvalue weighted by Gasteiger charge is -2.10. The first-order chi connectivity index (χ1) is 7.74. The van der Waals surface area contributed by atoms with Crippen molar-refractivity contribution in [2.75, 3.05) is 6.61 Å². The van der Waals surface area contributed by atoms with E-state index in [0.29, 0.717) is 12.8 Å². The first kappa shape index (κ1) is 12.7. The predicted octanol–water partition coefficient (Wildman–Crippen LogP) is 2.09. The quantitative estimate of drug-likeness (QED) is 0.742. The number of benzene rings is 1. The SMILES string of the molecule is O=C(O)[C@@H](CCO)CCCc1ccccc1. The van der Waals surface area contributed by atoms with E-state index in [9.17, 15) is 4.79 Å². The minimum absolute atomic E-state index is 0.0533. The van der Waals surface area contributed by atoms with Crippen LogP contribution in [0, 0.1) is 5.92 Å². The monoisotopic (exact) mass is 222 g/mol. The number of rotatable bonds is 7. The van der Waals surface area contributed by atoms with E-state index in [0.717, 1.165) is 12.8 Å². The second kappa shape index (κ2) is 7.01. The van der Waals surface area contributed by atoms with Crippen molar-refractivity contribution in [1.82, 2.24) is 0 Å². The van der Waals surface area contributed by atoms with Gasteiger partial charge in [0.1, 0.15) is 0 Å². The summed E-state index contributed by atoms with van der Waals surface area (Å²) in [6.45, 7) is -0.0533. The van der Waals surface area contributed by atoms with Gasteiger partial charge in [0.25, 0.3) is 0 Å². The van der Waals surface area contributed by atoms with E-state index in [1.54, 1.807) is 0 Å². The van der Waals surface area contributed by atoms with Crippen LogP contribution in [0.4, 0.5) is 0 Å². The highest BCUT2D eigenvalue weighted by Crippen LogP contribution is 2.14. The fourth-order valence-electron chi connectivity index (χ4n) is 1.74. The molecular formula is C13H18O3. The normalized spacial score (nSPS) is 12.3. The van der Waals surface area contributed by atoms with E-state index in [1.807, 2.05) is 30.3 Å². The van der Waals surface area contributed by atoms with Gasteiger partial charge in [-0.25, -0.2) is 0 Å². The van der Waals surface area contributed by atoms with Gasteiger partial charge in [-0.05, 0) is 31.2 Å². The molecule has 3 heteroatoms. The van der Waals surface area contributed by atoms with Crippen molar-refractivity contribution in [1.29, 1.82) is 0 Å². The van der Waals surface area contributed by atoms with Crippen molar-refractivity contribution in [3.05, 3.63) is 35.9 Å². The van der Waals surface area contributed by atoms with Crippen LogP contribution in [0.1, 0.15) is 24.8 Å². The Bertz CT molecular complexity index is 308. The molecule has 0 radical (unpaired) electrons. The van der Waals surface area contributed by atoms with E-state index in [4.69, 9.17) is 10.2 Å². The molecule has 0 aliphatic carbocycles. The van der Waals surface area contributed by atoms with Gasteiger partial charge in [0.15, 0.2) is 0 Å². The fraction of sp³-hybridized carbons (Fsp3) is 0.462. The lowest BCUT2D eigenvalue weighted by Crippen LogP contribution is -2.15. The second-order valence-electron chi connectivity index (χ2n) is 3.93. The van der Waals surface area contributed by atoms with Gasteiger partial charge in [-0.15, -0.1) is 0 Å². The summed E-state index contributed by atoms with van der Waals surface area (Å²) in [5.41, 5.74) is 1.23. The van der Waals surface area contributed by atoms with Crippen molar-refractivity contribution >= 4 is 5.97 Å². The molecule has 1 atom stereocenters. The zero-order chi connectivity index (χ0) is 11.8. The number of carbonyl (C=O) groups is 1. The number of aryl methyl sites for hydroxylation is 1. The zero-order valence-electron chi connectivity index (χ0n) is 9.30. The number of hydrogen-bond acceptors (Lipinski definition) is 2. The third-order valence-electron chi connectivity index (χ3n) is 2.69. The van der Waals surface area contributed by atoms with Crippen LogP contribution >= 0.6 is 0 Å². The Labute approximate surface area is 95.7 Å². The first-order valence-electron chi connectivity index (χ1n) is 5.61. The number of aliphatic hydroxyl groups is 1. The minimum Gasteiger partial charge on any atom is -0.481 e. The van der Waals surface area contributed by atoms with E-state index < -0.39 is 11.9 Å². The number of aliphatic carboxylic acids is 1. The van der Waals surface area contributed by atoms with Crippen molar-refractivity contribution in [3.63, 3.8) is 0 Å². The van der Waals surface area contributed by atoms with E-state index in [2.05, 4.69) is 0 Å². The molecule has 3 nitrogen and oxygen atoms in total. The Kier molecular flexibility index (Phi) is 5.57. The maximum absolute atomic E-state index is 10.8. The molecular weight excluding hydrogens is 204 g/mol. The van der Waals surface area contributed by atoms with Gasteiger partial charge < -0.3 is 10.2 Å². The van der Waals surface area contributed by atoms with E-state index >= 15 is 0 Å². The largest absolute Gasteiger partial charge is 0.481 e. The summed E-state index contributed by atoms with van der Waals surface area (Å²) in [5, 5.41) is 17.6. The Morgan fingerprint density at radius 2 is 1.88 bits per heavy atom. The molecule has 1 aromatic rings. The van der Waals surface area contributed by atoms with Crippen molar-refractivity contribution < 1.29 is 15.0 Å². The molecule has 0 heterocycles. The molecule has 88 valence electrons. The first-order valence-corrected chi connectivity index (χ1v) is 5.61. The standard InChI is InChI=1S/C13H18O3/c14-10-9-12(13(15)16)8-4-7-11-5-2-1-3-6-11/h1-3,5-6,12,14H,4,7-10H2,(H,15,16)/t12-/m1/s1. The topological polar surface area (TPSA) is 57.5 Å². The molecule has 0 aliphatic rings. The van der Waals surface area contributed by atoms with Gasteiger partial charge in [-0.1, -0.05) is 30.3 Å². The molecule has 0 aliphatic heterocycles. The molecule has 16 heavy (non-hydrogen) atoms. The van der Waals surface area contributed by atoms with Gasteiger partial charge in [0.05, 0.1) is 5.92 Å². The molecule has 0 amide bonds. The summed E-state index contributed by atoms with van der Waals surface area (Å²) < 4.78 is 0. The van der Waals surface area contributed by atoms with Crippen LogP contribution in [-0.4, -0.2) is 22.8 Å². The summed E-state index contributed by atoms with van der Waals surface area (Å²) in [6, 6.07) is 10.0. The predicted molar refractivity (Wildman–Crippen MR) is 62.2 cm³/mol. The Morgan fingerprint density at radius 1 is 1.19 bits per heavy atom. The maximum Gasteiger partial charge on any atom is 0.306 e. The van der Waals surface area contributed by atoms with Crippen LogP contribution in [0.5, 0.6) is 0 Å². The minimum atomic E-state index is -0.804. The lowest BCUT2D eigenvalue weighted by atomic mass is 9.97. The van der Waals surface area contributed by atoms with Crippen LogP contribution in [0.3, 0.4) is 0 Å². The van der Waals surface area contributed by atoms with Crippen molar-refractivity contribution in [3.8, 4) is 0 Å². The number of carboxylic acid groups (broad SMARTS) is 1. The third kappa shape index (κ3) is 4.45. The smallest absolute Gasteiger partial charge is 0.306 e. The zero-order valence-corrected chi connectivity index (χ0v) is 9.30. The van der Waals surface area contributed by atoms with E-state index in [1.165, 1.54) is 5.56 Å². The van der Waals surface area contributed by atoms with Crippen molar-refractivity contribution in [2.24, 2.45) is 5.92 Å². The molecule has 1 aromatic carbocycles. The molecule has 2 N–H and O–H groups in total. The van der Waals surface area contributed by atoms with Gasteiger partial charge in [-0.3, -0.25) is 4.79 Å². The highest BCUT2D eigenvalue weighted by atomic mass is 16.4. The number of carboxylic acids is 1. The molecule has 0 unspecified atom stereocenters. The molecule has 0 saturated carbocycles. The molecule has 0 spiro atoms. The summed E-state index contributed by atoms with van der Waals surface area (Å²) in [7, 11) is 0. The average Bonchev–Trinajstić information content (AvgIpc) is 2.29. The Balaban J connectivity index is 2.31. The van der Waals surface area contributed by atoms with Crippen LogP contribution in [0.25, 0.3) is 0 Å². The van der Waals surface area contributed by atoms with Gasteiger partial charge in [-0.2, -0.15) is 0 Å². The second-order valence-corrected chi connectivity index (χ2v) is 3.93. The van der Waals surface area contributed by atoms with Gasteiger partial charge in [0.2, 0.25) is 0 Å². The van der Waals surface area contributed by atoms with E-state index in [-0.39, 0.29) is 6.61 Å². The summed E-state index contributed by atoms with van der Waals surface area (Å²) >= 11 is 0. The third-order valence-corrected chi connectivity index (χ3v) is 2.69. The molecule has 0 bridgehead atoms. The number of hydrogen-bond donors (Lipinski definition) is 2. The highest BCUT2D eigenvalue weighted by Gasteiger charge is 2.15. The summed E-state index contributed by atoms with van der Waals surface area (Å²) in [4.78, 5) is 10.8. The van der Waals surface area contributed by atoms with Crippen LogP contribution in [0.2, 0.25) is 0 Å². The Morgan fingerprint density at radius 3 is 2.44 bits per heavy atom. The van der Waals surface area contributed by atoms with Gasteiger partial charge >= 0.3 is 5.97 Å². The fourth-order valence-corrected chi connectivity index (χ4v) is 1.74. The van der Waals surface area contributed by atoms with Crippen LogP contribution in [0.15, 0.2) is 30.3 Å². The lowest BCUT2D eigenvalue weighted by molar-refractivity contribution is -0.142. The summed E-state index contributed by atoms with van der Waals surface area (Å²) in [5.74, 6) is -1.21. The van der Waals surface area contributed by atoms with Gasteiger partial charge in [0, 0.05) is 6.61 Å².